The molecule has 1 aliphatic carbocycles. The largest absolute Gasteiger partial charge is 0.310 e. The summed E-state index contributed by atoms with van der Waals surface area (Å²) in [6.45, 7) is 4.76. The molecule has 0 spiro atoms. The molecule has 0 bridgehead atoms. The normalized spacial score (nSPS) is 13.3. The quantitative estimate of drug-likeness (QED) is 0.196. The van der Waals surface area contributed by atoms with Crippen molar-refractivity contribution in [2.75, 3.05) is 4.90 Å². The molecule has 0 saturated carbocycles. The SMILES string of the molecule is CC1(C)c2ccccc2-c2c(N(c3ccccc3)c3ccc(-c4ccc5c(c4)sc4ccccc45)cc3)cc3ccccc3c21. The van der Waals surface area contributed by atoms with Crippen LogP contribution in [-0.2, 0) is 5.41 Å². The highest BCUT2D eigenvalue weighted by Crippen LogP contribution is 2.56. The first-order valence-corrected chi connectivity index (χ1v) is 16.4. The van der Waals surface area contributed by atoms with Gasteiger partial charge in [-0.1, -0.05) is 123 Å². The molecule has 1 aromatic heterocycles. The van der Waals surface area contributed by atoms with Crippen LogP contribution < -0.4 is 4.90 Å². The second-order valence-electron chi connectivity index (χ2n) is 12.6. The van der Waals surface area contributed by atoms with E-state index in [2.05, 4.69) is 170 Å². The molecule has 0 unspecified atom stereocenters. The molecule has 1 nitrogen and oxygen atoms in total. The number of hydrogen-bond donors (Lipinski definition) is 0. The van der Waals surface area contributed by atoms with E-state index in [1.165, 1.54) is 70.0 Å². The zero-order valence-corrected chi connectivity index (χ0v) is 26.1. The molecule has 0 N–H and O–H groups in total. The lowest BCUT2D eigenvalue weighted by Crippen LogP contribution is -2.16. The van der Waals surface area contributed by atoms with E-state index in [0.717, 1.165) is 11.4 Å². The minimum atomic E-state index is -0.112. The van der Waals surface area contributed by atoms with Gasteiger partial charge in [0.25, 0.3) is 0 Å². The molecular formula is C43H31NS. The van der Waals surface area contributed by atoms with Gasteiger partial charge in [-0.05, 0) is 81.1 Å². The molecule has 0 radical (unpaired) electrons. The average Bonchev–Trinajstić information content (AvgIpc) is 3.58. The standard InChI is InChI=1S/C43H31NS/c1-43(2)37-18-10-8-17-36(37)41-38(26-30-12-6-7-15-33(30)42(41)43)44(31-13-4-3-5-14-31)32-23-20-28(21-24-32)29-22-25-35-34-16-9-11-19-39(34)45-40(35)27-29/h3-27H,1-2H3. The van der Waals surface area contributed by atoms with E-state index < -0.39 is 0 Å². The first kappa shape index (κ1) is 26.2. The maximum Gasteiger partial charge on any atom is 0.0549 e. The van der Waals surface area contributed by atoms with Gasteiger partial charge in [-0.15, -0.1) is 11.3 Å². The molecule has 214 valence electrons. The summed E-state index contributed by atoms with van der Waals surface area (Å²) in [4.78, 5) is 2.45. The number of anilines is 3. The van der Waals surface area contributed by atoms with Crippen molar-refractivity contribution in [3.63, 3.8) is 0 Å². The van der Waals surface area contributed by atoms with Crippen molar-refractivity contribution >= 4 is 59.3 Å². The highest BCUT2D eigenvalue weighted by Gasteiger charge is 2.39. The van der Waals surface area contributed by atoms with Crippen molar-refractivity contribution in [2.24, 2.45) is 0 Å². The van der Waals surface area contributed by atoms with Crippen LogP contribution in [0.5, 0.6) is 0 Å². The number of thiophene rings is 1. The lowest BCUT2D eigenvalue weighted by atomic mass is 9.80. The van der Waals surface area contributed by atoms with Gasteiger partial charge in [0.15, 0.2) is 0 Å². The maximum atomic E-state index is 2.45. The lowest BCUT2D eigenvalue weighted by Gasteiger charge is -2.30. The fourth-order valence-corrected chi connectivity index (χ4v) is 8.67. The fourth-order valence-electron chi connectivity index (χ4n) is 7.52. The van der Waals surface area contributed by atoms with Crippen molar-refractivity contribution in [3.05, 3.63) is 163 Å². The Morgan fingerprint density at radius 1 is 0.511 bits per heavy atom. The number of benzene rings is 7. The van der Waals surface area contributed by atoms with Crippen molar-refractivity contribution < 1.29 is 0 Å². The Kier molecular flexibility index (Phi) is 5.78. The molecule has 0 amide bonds. The van der Waals surface area contributed by atoms with E-state index in [9.17, 15) is 0 Å². The molecule has 0 atom stereocenters. The Morgan fingerprint density at radius 2 is 1.16 bits per heavy atom. The van der Waals surface area contributed by atoms with Crippen molar-refractivity contribution in [1.29, 1.82) is 0 Å². The van der Waals surface area contributed by atoms with Gasteiger partial charge in [0.05, 0.1) is 5.69 Å². The second kappa shape index (κ2) is 9.92. The summed E-state index contributed by atoms with van der Waals surface area (Å²) in [7, 11) is 0. The van der Waals surface area contributed by atoms with Crippen LogP contribution in [0.2, 0.25) is 0 Å². The third-order valence-electron chi connectivity index (χ3n) is 9.62. The van der Waals surface area contributed by atoms with Gasteiger partial charge in [-0.25, -0.2) is 0 Å². The van der Waals surface area contributed by atoms with Crippen molar-refractivity contribution in [3.8, 4) is 22.3 Å². The summed E-state index contributed by atoms with van der Waals surface area (Å²) < 4.78 is 2.67. The Balaban J connectivity index is 1.23. The topological polar surface area (TPSA) is 3.24 Å². The molecule has 45 heavy (non-hydrogen) atoms. The van der Waals surface area contributed by atoms with Crippen LogP contribution in [0.1, 0.15) is 25.0 Å². The summed E-state index contributed by atoms with van der Waals surface area (Å²) in [5.74, 6) is 0. The van der Waals surface area contributed by atoms with Gasteiger partial charge in [0, 0.05) is 42.5 Å². The third kappa shape index (κ3) is 3.99. The van der Waals surface area contributed by atoms with Gasteiger partial charge in [0.1, 0.15) is 0 Å². The minimum absolute atomic E-state index is 0.112. The van der Waals surface area contributed by atoms with Crippen LogP contribution in [0.15, 0.2) is 152 Å². The summed E-state index contributed by atoms with van der Waals surface area (Å²) in [6, 6.07) is 55.8. The van der Waals surface area contributed by atoms with Crippen LogP contribution >= 0.6 is 11.3 Å². The van der Waals surface area contributed by atoms with Crippen LogP contribution in [0.4, 0.5) is 17.1 Å². The van der Waals surface area contributed by atoms with E-state index in [1.807, 2.05) is 11.3 Å². The molecule has 2 heteroatoms. The second-order valence-corrected chi connectivity index (χ2v) is 13.6. The summed E-state index contributed by atoms with van der Waals surface area (Å²) >= 11 is 1.87. The average molecular weight is 594 g/mol. The highest BCUT2D eigenvalue weighted by atomic mass is 32.1. The lowest BCUT2D eigenvalue weighted by molar-refractivity contribution is 0.666. The molecule has 0 aliphatic heterocycles. The fraction of sp³-hybridized carbons (Fsp3) is 0.0698. The van der Waals surface area contributed by atoms with Gasteiger partial charge in [-0.2, -0.15) is 0 Å². The first-order valence-electron chi connectivity index (χ1n) is 15.6. The van der Waals surface area contributed by atoms with Crippen molar-refractivity contribution in [1.82, 2.24) is 0 Å². The van der Waals surface area contributed by atoms with Gasteiger partial charge < -0.3 is 4.90 Å². The smallest absolute Gasteiger partial charge is 0.0549 e. The Labute approximate surface area is 267 Å². The molecule has 0 saturated heterocycles. The van der Waals surface area contributed by atoms with E-state index in [4.69, 9.17) is 0 Å². The number of fused-ring (bicyclic) bond motifs is 8. The number of rotatable bonds is 4. The predicted octanol–water partition coefficient (Wildman–Crippen LogP) is 12.7. The maximum absolute atomic E-state index is 2.45. The third-order valence-corrected chi connectivity index (χ3v) is 10.7. The number of para-hydroxylation sites is 1. The van der Waals surface area contributed by atoms with E-state index >= 15 is 0 Å². The Morgan fingerprint density at radius 3 is 2.00 bits per heavy atom. The molecule has 9 rings (SSSR count). The molecule has 1 aliphatic rings. The zero-order valence-electron chi connectivity index (χ0n) is 25.3. The van der Waals surface area contributed by atoms with Crippen molar-refractivity contribution in [2.45, 2.75) is 19.3 Å². The van der Waals surface area contributed by atoms with Crippen LogP contribution in [0.3, 0.4) is 0 Å². The minimum Gasteiger partial charge on any atom is -0.310 e. The monoisotopic (exact) mass is 593 g/mol. The van der Waals surface area contributed by atoms with Crippen LogP contribution in [-0.4, -0.2) is 0 Å². The first-order chi connectivity index (χ1) is 22.1. The van der Waals surface area contributed by atoms with Gasteiger partial charge in [-0.3, -0.25) is 0 Å². The zero-order chi connectivity index (χ0) is 30.1. The molecule has 7 aromatic carbocycles. The van der Waals surface area contributed by atoms with Gasteiger partial charge in [0.2, 0.25) is 0 Å². The molecule has 1 heterocycles. The number of nitrogens with zero attached hydrogens (tertiary/aromatic N) is 1. The van der Waals surface area contributed by atoms with Crippen LogP contribution in [0.25, 0.3) is 53.2 Å². The predicted molar refractivity (Wildman–Crippen MR) is 195 cm³/mol. The summed E-state index contributed by atoms with van der Waals surface area (Å²) in [5, 5.41) is 5.27. The Hall–Kier alpha value is -5.18. The van der Waals surface area contributed by atoms with E-state index in [1.54, 1.807) is 0 Å². The summed E-state index contributed by atoms with van der Waals surface area (Å²) in [6.07, 6.45) is 0. The Bertz CT molecular complexity index is 2400. The molecular weight excluding hydrogens is 563 g/mol. The molecule has 0 fully saturated rings. The van der Waals surface area contributed by atoms with Gasteiger partial charge >= 0.3 is 0 Å². The van der Waals surface area contributed by atoms with E-state index in [-0.39, 0.29) is 5.41 Å². The molecule has 8 aromatic rings. The highest BCUT2D eigenvalue weighted by molar-refractivity contribution is 7.25. The van der Waals surface area contributed by atoms with E-state index in [0.29, 0.717) is 0 Å². The van der Waals surface area contributed by atoms with Crippen LogP contribution in [0, 0.1) is 0 Å². The summed E-state index contributed by atoms with van der Waals surface area (Å²) in [5.41, 5.74) is 11.3. The number of hydrogen-bond acceptors (Lipinski definition) is 2.